The predicted octanol–water partition coefficient (Wildman–Crippen LogP) is 4.65. The highest BCUT2D eigenvalue weighted by Crippen LogP contribution is 2.45. The number of nitriles is 2. The number of nitrogen functional groups attached to an aromatic ring is 1. The third-order valence-corrected chi connectivity index (χ3v) is 5.92. The van der Waals surface area contributed by atoms with E-state index >= 15 is 0 Å². The van der Waals surface area contributed by atoms with Crippen LogP contribution in [0.3, 0.4) is 0 Å². The molecule has 3 heterocycles. The molecule has 2 aliphatic rings. The first-order valence-corrected chi connectivity index (χ1v) is 9.83. The van der Waals surface area contributed by atoms with Crippen LogP contribution in [0.15, 0.2) is 20.5 Å². The summed E-state index contributed by atoms with van der Waals surface area (Å²) in [5.74, 6) is 1.66. The van der Waals surface area contributed by atoms with Gasteiger partial charge in [0.1, 0.15) is 23.7 Å². The minimum absolute atomic E-state index is 0.151. The van der Waals surface area contributed by atoms with Crippen molar-refractivity contribution >= 4 is 44.9 Å². The lowest BCUT2D eigenvalue weighted by atomic mass is 9.96. The number of nitrogens with zero attached hydrogens (tertiary/aromatic N) is 4. The van der Waals surface area contributed by atoms with Gasteiger partial charge in [-0.1, -0.05) is 0 Å². The fourth-order valence-electron chi connectivity index (χ4n) is 3.92. The Balaban J connectivity index is 1.88. The number of hydrogen-bond acceptors (Lipinski definition) is 6. The van der Waals surface area contributed by atoms with Gasteiger partial charge in [-0.15, -0.1) is 0 Å². The smallest absolute Gasteiger partial charge is 0.210 e. The van der Waals surface area contributed by atoms with Gasteiger partial charge in [-0.3, -0.25) is 0 Å². The first-order chi connectivity index (χ1) is 13.5. The van der Waals surface area contributed by atoms with Crippen molar-refractivity contribution in [3.05, 3.63) is 44.3 Å². The molecule has 28 heavy (non-hydrogen) atoms. The summed E-state index contributed by atoms with van der Waals surface area (Å²) in [6.07, 6.45) is 4.23. The number of allylic oxidation sites excluding steroid dienone is 3. The lowest BCUT2D eigenvalue weighted by Gasteiger charge is -2.14. The molecule has 0 atom stereocenters. The van der Waals surface area contributed by atoms with Crippen LogP contribution in [0.4, 0.5) is 11.7 Å². The van der Waals surface area contributed by atoms with Gasteiger partial charge in [0.15, 0.2) is 0 Å². The maximum Gasteiger partial charge on any atom is 0.210 e. The van der Waals surface area contributed by atoms with E-state index in [0.29, 0.717) is 22.6 Å². The Morgan fingerprint density at radius 3 is 2.61 bits per heavy atom. The van der Waals surface area contributed by atoms with Crippen LogP contribution in [0, 0.1) is 29.6 Å². The molecule has 0 radical (unpaired) electrons. The van der Waals surface area contributed by atoms with Gasteiger partial charge in [0.25, 0.3) is 0 Å². The van der Waals surface area contributed by atoms with Crippen molar-refractivity contribution in [3.8, 4) is 12.1 Å². The van der Waals surface area contributed by atoms with Gasteiger partial charge in [0.2, 0.25) is 5.88 Å². The van der Waals surface area contributed by atoms with E-state index in [9.17, 15) is 10.5 Å². The molecule has 0 spiro atoms. The molecule has 2 aromatic rings. The summed E-state index contributed by atoms with van der Waals surface area (Å²) >= 11 is 3.59. The standard InChI is InChI=1S/C21H18BrN5O/c1-11-14(7-13-8-17(22)21(28-13)27-5-3-4-6-27)18-12(2)16(10-24)20(25)26-19(18)15(11)9-23/h7-8H,3-6H2,1-2H3,(H2,25,26)/b14-7-. The number of aromatic nitrogens is 1. The average Bonchev–Trinajstić information content (AvgIpc) is 3.35. The molecular formula is C21H18BrN5O. The molecule has 140 valence electrons. The van der Waals surface area contributed by atoms with Crippen LogP contribution in [-0.2, 0) is 0 Å². The molecule has 0 amide bonds. The molecular weight excluding hydrogens is 418 g/mol. The summed E-state index contributed by atoms with van der Waals surface area (Å²) in [7, 11) is 0. The van der Waals surface area contributed by atoms with Crippen molar-refractivity contribution in [1.82, 2.24) is 4.98 Å². The van der Waals surface area contributed by atoms with Crippen LogP contribution < -0.4 is 10.6 Å². The zero-order valence-electron chi connectivity index (χ0n) is 15.6. The number of furan rings is 1. The summed E-state index contributed by atoms with van der Waals surface area (Å²) in [4.78, 5) is 6.57. The van der Waals surface area contributed by atoms with Crippen LogP contribution in [0.2, 0.25) is 0 Å². The molecule has 7 heteroatoms. The van der Waals surface area contributed by atoms with Crippen LogP contribution in [0.25, 0.3) is 17.2 Å². The predicted molar refractivity (Wildman–Crippen MR) is 112 cm³/mol. The van der Waals surface area contributed by atoms with E-state index < -0.39 is 0 Å². The summed E-state index contributed by atoms with van der Waals surface area (Å²) < 4.78 is 7.01. The Kier molecular flexibility index (Phi) is 4.49. The molecule has 1 fully saturated rings. The van der Waals surface area contributed by atoms with Gasteiger partial charge in [-0.2, -0.15) is 10.5 Å². The highest BCUT2D eigenvalue weighted by molar-refractivity contribution is 9.10. The Bertz CT molecular complexity index is 1140. The van der Waals surface area contributed by atoms with Gasteiger partial charge in [-0.25, -0.2) is 4.98 Å². The van der Waals surface area contributed by atoms with E-state index in [1.54, 1.807) is 0 Å². The van der Waals surface area contributed by atoms with Gasteiger partial charge in [-0.05, 0) is 65.4 Å². The summed E-state index contributed by atoms with van der Waals surface area (Å²) in [5, 5.41) is 19.1. The summed E-state index contributed by atoms with van der Waals surface area (Å²) in [6.45, 7) is 5.68. The zero-order chi connectivity index (χ0) is 20.0. The Labute approximate surface area is 171 Å². The monoisotopic (exact) mass is 435 g/mol. The van der Waals surface area contributed by atoms with Gasteiger partial charge in [0, 0.05) is 24.7 Å². The van der Waals surface area contributed by atoms with E-state index in [2.05, 4.69) is 38.0 Å². The molecule has 2 aromatic heterocycles. The summed E-state index contributed by atoms with van der Waals surface area (Å²) in [6, 6.07) is 6.28. The van der Waals surface area contributed by atoms with E-state index in [-0.39, 0.29) is 5.82 Å². The van der Waals surface area contributed by atoms with Crippen molar-refractivity contribution < 1.29 is 4.42 Å². The molecule has 1 saturated heterocycles. The third-order valence-electron chi connectivity index (χ3n) is 5.35. The Morgan fingerprint density at radius 2 is 1.96 bits per heavy atom. The van der Waals surface area contributed by atoms with E-state index in [1.165, 1.54) is 0 Å². The molecule has 0 saturated carbocycles. The Hall–Kier alpha value is -3.03. The molecule has 0 aromatic carbocycles. The van der Waals surface area contributed by atoms with Crippen molar-refractivity contribution in [2.75, 3.05) is 23.7 Å². The molecule has 0 unspecified atom stereocenters. The number of rotatable bonds is 2. The van der Waals surface area contributed by atoms with Crippen molar-refractivity contribution in [1.29, 1.82) is 10.5 Å². The number of anilines is 2. The minimum atomic E-state index is 0.151. The minimum Gasteiger partial charge on any atom is -0.440 e. The highest BCUT2D eigenvalue weighted by atomic mass is 79.9. The van der Waals surface area contributed by atoms with Crippen molar-refractivity contribution in [2.24, 2.45) is 0 Å². The number of halogens is 1. The van der Waals surface area contributed by atoms with E-state index in [0.717, 1.165) is 58.6 Å². The first kappa shape index (κ1) is 18.3. The van der Waals surface area contributed by atoms with Gasteiger partial charge >= 0.3 is 0 Å². The lowest BCUT2D eigenvalue weighted by Crippen LogP contribution is -2.17. The fourth-order valence-corrected chi connectivity index (χ4v) is 4.48. The zero-order valence-corrected chi connectivity index (χ0v) is 17.2. The van der Waals surface area contributed by atoms with Crippen molar-refractivity contribution in [3.63, 3.8) is 0 Å². The van der Waals surface area contributed by atoms with Crippen LogP contribution >= 0.6 is 15.9 Å². The molecule has 1 aliphatic carbocycles. The largest absolute Gasteiger partial charge is 0.440 e. The van der Waals surface area contributed by atoms with Crippen LogP contribution in [0.1, 0.15) is 47.9 Å². The third kappa shape index (κ3) is 2.71. The second-order valence-electron chi connectivity index (χ2n) is 7.00. The number of hydrogen-bond donors (Lipinski definition) is 1. The molecule has 0 bridgehead atoms. The summed E-state index contributed by atoms with van der Waals surface area (Å²) in [5.41, 5.74) is 10.4. The maximum atomic E-state index is 9.65. The Morgan fingerprint density at radius 1 is 1.25 bits per heavy atom. The molecule has 4 rings (SSSR count). The first-order valence-electron chi connectivity index (χ1n) is 9.04. The van der Waals surface area contributed by atoms with Crippen LogP contribution in [-0.4, -0.2) is 18.1 Å². The molecule has 6 nitrogen and oxygen atoms in total. The van der Waals surface area contributed by atoms with Gasteiger partial charge in [0.05, 0.1) is 21.3 Å². The second-order valence-corrected chi connectivity index (χ2v) is 7.85. The molecule has 1 aliphatic heterocycles. The normalized spacial score (nSPS) is 17.2. The average molecular weight is 436 g/mol. The topological polar surface area (TPSA) is 103 Å². The highest BCUT2D eigenvalue weighted by Gasteiger charge is 2.30. The number of nitrogens with two attached hydrogens (primary N) is 1. The van der Waals surface area contributed by atoms with Crippen molar-refractivity contribution in [2.45, 2.75) is 26.7 Å². The number of fused-ring (bicyclic) bond motifs is 1. The van der Waals surface area contributed by atoms with Crippen LogP contribution in [0.5, 0.6) is 0 Å². The van der Waals surface area contributed by atoms with E-state index in [1.807, 2.05) is 26.0 Å². The van der Waals surface area contributed by atoms with E-state index in [4.69, 9.17) is 10.2 Å². The maximum absolute atomic E-state index is 9.65. The number of pyridine rings is 1. The fraction of sp³-hybridized carbons (Fsp3) is 0.286. The SMILES string of the molecule is CC1=C(C#N)c2nc(N)c(C#N)c(C)c2/C1=C\c1cc(Br)c(N2CCCC2)o1. The molecule has 2 N–H and O–H groups in total. The lowest BCUT2D eigenvalue weighted by molar-refractivity contribution is 0.546. The van der Waals surface area contributed by atoms with Gasteiger partial charge < -0.3 is 15.1 Å². The second kappa shape index (κ2) is 6.85. The quantitative estimate of drug-likeness (QED) is 0.735.